The van der Waals surface area contributed by atoms with E-state index in [0.29, 0.717) is 36.2 Å². The normalized spacial score (nSPS) is 23.3. The number of hydrogen-bond acceptors (Lipinski definition) is 22. The quantitative estimate of drug-likeness (QED) is 0.0201. The lowest BCUT2D eigenvalue weighted by Crippen LogP contribution is -2.60. The summed E-state index contributed by atoms with van der Waals surface area (Å²) in [6.07, 6.45) is 5.02. The molecule has 32 heteroatoms. The second kappa shape index (κ2) is 46.3. The number of nitrogens with zero attached hydrogens (tertiary/aromatic N) is 1. The molecule has 0 bridgehead atoms. The lowest BCUT2D eigenvalue weighted by molar-refractivity contribution is -0.150. The Morgan fingerprint density at radius 2 is 1.16 bits per heavy atom. The summed E-state index contributed by atoms with van der Waals surface area (Å²) in [5, 5.41) is 81.7. The second-order valence-corrected chi connectivity index (χ2v) is 35.5. The predicted molar refractivity (Wildman–Crippen MR) is 454 cm³/mol. The number of phenols is 1. The van der Waals surface area contributed by atoms with Crippen molar-refractivity contribution >= 4 is 76.7 Å². The number of unbranched alkanes of at least 4 members (excludes halogenated alkanes) is 2. The minimum absolute atomic E-state index is 0.0210. The van der Waals surface area contributed by atoms with E-state index in [1.807, 2.05) is 44.2 Å². The first-order valence-electron chi connectivity index (χ1n) is 43.9. The highest BCUT2D eigenvalue weighted by atomic mass is 16.6. The van der Waals surface area contributed by atoms with Gasteiger partial charge in [-0.05, 0) is 188 Å². The third kappa shape index (κ3) is 26.2. The van der Waals surface area contributed by atoms with Gasteiger partial charge in [0.15, 0.2) is 0 Å². The molecule has 3 aromatic rings. The van der Waals surface area contributed by atoms with Crippen molar-refractivity contribution in [3.8, 4) is 5.75 Å². The summed E-state index contributed by atoms with van der Waals surface area (Å²) >= 11 is 0. The number of primary amides is 1. The van der Waals surface area contributed by atoms with Gasteiger partial charge in [-0.2, -0.15) is 0 Å². The maximum atomic E-state index is 14.9. The van der Waals surface area contributed by atoms with Gasteiger partial charge >= 0.3 is 12.1 Å². The molecule has 3 aromatic carbocycles. The number of aliphatic hydroxyl groups excluding tert-OH is 5. The number of imide groups is 2. The number of phenolic OH excluding ortho intramolecular Hbond substituents is 1. The van der Waals surface area contributed by atoms with Gasteiger partial charge in [0.2, 0.25) is 53.2 Å². The van der Waals surface area contributed by atoms with Crippen molar-refractivity contribution in [3.05, 3.63) is 88.5 Å². The Morgan fingerprint density at radius 1 is 0.598 bits per heavy atom. The van der Waals surface area contributed by atoms with Gasteiger partial charge in [0.05, 0.1) is 88.9 Å². The summed E-state index contributed by atoms with van der Waals surface area (Å²) in [7, 11) is 0. The van der Waals surface area contributed by atoms with E-state index in [2.05, 4.69) is 77.2 Å². The third-order valence-electron chi connectivity index (χ3n) is 26.3. The summed E-state index contributed by atoms with van der Waals surface area (Å²) in [6, 6.07) is 13.1. The van der Waals surface area contributed by atoms with E-state index < -0.39 is 120 Å². The predicted octanol–water partition coefficient (Wildman–Crippen LogP) is 6.94. The standard InChI is InChI=1S/C90H136N10O22/c1-10-12-13-35-86(5,34-11-2)65-52-74(107)100(81(65)113)41-43-119-45-47-121-49-48-120-46-44-118-42-33-73(106)96-66(18-14-20-72(105)93-53-68(103)76(108)77(109)69(104)54-101)79(111)98-75(56(3)4)80(112)97-67(19-15-40-92-84(91)116)78(110)94-60-27-21-57(22-28-60)55-122-85(117)95-61-29-23-58-25-31-70-87(6,63(58)50-61)36-16-38-89(70,8)82(114)99-83(115)90(9)39-17-37-88(7)64-51-62(102)30-24-59(64)26-32-71(88)90/h21-24,27-30,50-51,56,65-71,75-77,101-104,108-109H,10-20,25-26,31-49,52-55H2,1-9H3,(H,93,105)(H,94,110)(H,95,117)(H,96,106)(H,97,112)(H,98,111)(H3,91,92,116)(H,99,114,115)/t65?,66-,67+,68+,69-,70-,71-,75+,76-,77-,86?,87-,88-,89+,90+/m1/s1. The van der Waals surface area contributed by atoms with E-state index in [1.165, 1.54) is 10.5 Å². The second-order valence-electron chi connectivity index (χ2n) is 35.5. The van der Waals surface area contributed by atoms with Crippen LogP contribution < -0.4 is 48.3 Å². The molecule has 0 aromatic heterocycles. The summed E-state index contributed by atoms with van der Waals surface area (Å²) in [6.45, 7) is 17.9. The highest BCUT2D eigenvalue weighted by molar-refractivity contribution is 6.04. The van der Waals surface area contributed by atoms with Crippen LogP contribution in [0.2, 0.25) is 0 Å². The van der Waals surface area contributed by atoms with Gasteiger partial charge in [0.1, 0.15) is 48.8 Å². The number of aryl methyl sites for hydroxylation is 2. The molecule has 3 fully saturated rings. The number of carbonyl (C=O) groups excluding carboxylic acids is 11. The van der Waals surface area contributed by atoms with Gasteiger partial charge in [0.25, 0.3) is 0 Å². The van der Waals surface area contributed by atoms with E-state index in [9.17, 15) is 78.3 Å². The highest BCUT2D eigenvalue weighted by Gasteiger charge is 2.59. The van der Waals surface area contributed by atoms with Crippen molar-refractivity contribution in [3.63, 3.8) is 0 Å². The van der Waals surface area contributed by atoms with Gasteiger partial charge in [-0.3, -0.25) is 58.7 Å². The number of hydrogen-bond donors (Lipinski definition) is 15. The minimum atomic E-state index is -1.94. The maximum Gasteiger partial charge on any atom is 0.411 e. The van der Waals surface area contributed by atoms with Crippen LogP contribution in [0.5, 0.6) is 5.75 Å². The molecule has 4 aliphatic carbocycles. The first kappa shape index (κ1) is 98.7. The van der Waals surface area contributed by atoms with Crippen molar-refractivity contribution in [2.45, 2.75) is 270 Å². The average molecular weight is 1710 g/mol. The van der Waals surface area contributed by atoms with E-state index in [1.54, 1.807) is 44.2 Å². The fourth-order valence-electron chi connectivity index (χ4n) is 19.3. The van der Waals surface area contributed by atoms with E-state index >= 15 is 0 Å². The number of ether oxygens (including phenoxy) is 5. The molecule has 1 heterocycles. The number of urea groups is 1. The highest BCUT2D eigenvalue weighted by Crippen LogP contribution is 2.60. The Morgan fingerprint density at radius 3 is 1.75 bits per heavy atom. The Balaban J connectivity index is 0.806. The Kier molecular flexibility index (Phi) is 37.5. The number of carbonyl (C=O) groups is 11. The molecule has 1 saturated heterocycles. The molecule has 0 spiro atoms. The molecule has 0 radical (unpaired) electrons. The number of aromatic hydroxyl groups is 1. The molecular formula is C90H136N10O22. The molecule has 15 atom stereocenters. The summed E-state index contributed by atoms with van der Waals surface area (Å²) in [5.41, 5.74) is 8.46. The molecular weight excluding hydrogens is 1570 g/mol. The van der Waals surface area contributed by atoms with Crippen molar-refractivity contribution < 1.29 is 107 Å². The first-order valence-corrected chi connectivity index (χ1v) is 43.9. The van der Waals surface area contributed by atoms with Crippen LogP contribution in [0.25, 0.3) is 0 Å². The molecule has 2 saturated carbocycles. The monoisotopic (exact) mass is 1710 g/mol. The van der Waals surface area contributed by atoms with Gasteiger partial charge in [-0.25, -0.2) is 9.59 Å². The van der Waals surface area contributed by atoms with Crippen LogP contribution in [0.3, 0.4) is 0 Å². The fraction of sp³-hybridized carbons (Fsp3) is 0.678. The number of rotatable bonds is 49. The topological polar surface area (TPSA) is 481 Å². The van der Waals surface area contributed by atoms with Crippen molar-refractivity contribution in [2.24, 2.45) is 45.7 Å². The summed E-state index contributed by atoms with van der Waals surface area (Å²) in [4.78, 5) is 152. The van der Waals surface area contributed by atoms with E-state index in [4.69, 9.17) is 34.5 Å². The Hall–Kier alpha value is -8.73. The van der Waals surface area contributed by atoms with Crippen LogP contribution >= 0.6 is 0 Å². The molecule has 1 aliphatic heterocycles. The van der Waals surface area contributed by atoms with Gasteiger partial charge in [0, 0.05) is 43.7 Å². The number of amides is 12. The molecule has 2 unspecified atom stereocenters. The molecule has 5 aliphatic rings. The number of fused-ring (bicyclic) bond motifs is 6. The molecule has 32 nitrogen and oxygen atoms in total. The molecule has 678 valence electrons. The molecule has 8 rings (SSSR count). The smallest absolute Gasteiger partial charge is 0.411 e. The molecule has 122 heavy (non-hydrogen) atoms. The first-order chi connectivity index (χ1) is 58.0. The van der Waals surface area contributed by atoms with Gasteiger partial charge in [-0.1, -0.05) is 125 Å². The van der Waals surface area contributed by atoms with Crippen LogP contribution in [0, 0.1) is 39.9 Å². The lowest BCUT2D eigenvalue weighted by Gasteiger charge is -2.56. The number of anilines is 2. The van der Waals surface area contributed by atoms with Crippen LogP contribution in [-0.4, -0.2) is 222 Å². The number of likely N-dealkylation sites (tertiary alicyclic amines) is 1. The van der Waals surface area contributed by atoms with Crippen LogP contribution in [0.1, 0.15) is 225 Å². The molecule has 12 amide bonds. The summed E-state index contributed by atoms with van der Waals surface area (Å²) in [5.74, 6) is -5.22. The number of nitrogens with one attached hydrogen (secondary N) is 8. The van der Waals surface area contributed by atoms with Crippen LogP contribution in [0.15, 0.2) is 60.7 Å². The summed E-state index contributed by atoms with van der Waals surface area (Å²) < 4.78 is 28.2. The van der Waals surface area contributed by atoms with Crippen molar-refractivity contribution in [2.75, 3.05) is 89.7 Å². The number of benzene rings is 3. The van der Waals surface area contributed by atoms with Crippen LogP contribution in [0.4, 0.5) is 21.0 Å². The SMILES string of the molecule is CCCCCC(C)(CCC)C1CC(=O)N(CCOCCOCCOCCOCCC(=O)N[C@H](CCCC(=O)NC[C@H](O)[C@@H](O)[C@H](O)[C@H](O)CO)C(=O)N[C@H](C(=O)N[C@@H](CCCNC(N)=O)C(=O)Nc2ccc(COC(=O)Nc3ccc4c(c3)[C@@]3(C)CCC[C@](C)(C(=O)NC(=O)[C@@]5(C)CCC[C@]6(C)c7cc(O)ccc7CC[C@@H]56)[C@@H]3CC4)cc2)C(C)C)C1=O. The molecule has 16 N–H and O–H groups in total. The fourth-order valence-corrected chi connectivity index (χ4v) is 19.3. The van der Waals surface area contributed by atoms with Gasteiger partial charge < -0.3 is 92.0 Å². The zero-order chi connectivity index (χ0) is 89.1. The maximum absolute atomic E-state index is 14.9. The van der Waals surface area contributed by atoms with Crippen molar-refractivity contribution in [1.29, 1.82) is 0 Å². The third-order valence-corrected chi connectivity index (χ3v) is 26.3. The number of nitrogens with two attached hydrogens (primary N) is 1. The zero-order valence-corrected chi connectivity index (χ0v) is 72.8. The lowest BCUT2D eigenvalue weighted by atomic mass is 9.49. The minimum Gasteiger partial charge on any atom is -0.508 e. The van der Waals surface area contributed by atoms with Crippen LogP contribution in [-0.2, 0) is 97.1 Å². The van der Waals surface area contributed by atoms with Crippen molar-refractivity contribution in [1.82, 2.24) is 36.8 Å². The largest absolute Gasteiger partial charge is 0.508 e. The van der Waals surface area contributed by atoms with E-state index in [0.717, 1.165) is 100 Å². The Bertz CT molecular complexity index is 4040. The van der Waals surface area contributed by atoms with E-state index in [-0.39, 0.29) is 175 Å². The van der Waals surface area contributed by atoms with Gasteiger partial charge in [-0.15, -0.1) is 0 Å². The zero-order valence-electron chi connectivity index (χ0n) is 72.8. The number of aliphatic hydroxyl groups is 5. The average Bonchev–Trinajstić information content (AvgIpc) is 0.930. The Labute approximate surface area is 716 Å².